The fourth-order valence-electron chi connectivity index (χ4n) is 2.06. The van der Waals surface area contributed by atoms with E-state index in [4.69, 9.17) is 0 Å². The van der Waals surface area contributed by atoms with Crippen molar-refractivity contribution in [1.82, 2.24) is 0 Å². The molecule has 0 aliphatic heterocycles. The first kappa shape index (κ1) is 12.8. The Morgan fingerprint density at radius 2 is 2.00 bits per heavy atom. The van der Waals surface area contributed by atoms with Gasteiger partial charge in [0, 0.05) is 17.0 Å². The molecule has 0 spiro atoms. The number of aliphatic hydroxyl groups is 1. The van der Waals surface area contributed by atoms with Gasteiger partial charge in [0.05, 0.1) is 5.60 Å². The molecular formula is C15H19NO2. The van der Waals surface area contributed by atoms with Gasteiger partial charge in [-0.2, -0.15) is 4.73 Å². The Kier molecular flexibility index (Phi) is 3.26. The molecule has 0 saturated heterocycles. The minimum Gasteiger partial charge on any atom is -0.618 e. The summed E-state index contributed by atoms with van der Waals surface area (Å²) in [6.07, 6.45) is 3.10. The normalized spacial score (nSPS) is 12.0. The molecule has 0 aliphatic carbocycles. The first-order chi connectivity index (χ1) is 8.35. The maximum absolute atomic E-state index is 11.7. The Labute approximate surface area is 107 Å². The van der Waals surface area contributed by atoms with Crippen LogP contribution in [-0.2, 0) is 6.42 Å². The largest absolute Gasteiger partial charge is 0.618 e. The van der Waals surface area contributed by atoms with Gasteiger partial charge in [-0.05, 0) is 51.3 Å². The van der Waals surface area contributed by atoms with Gasteiger partial charge in [-0.25, -0.2) is 0 Å². The second-order valence-corrected chi connectivity index (χ2v) is 5.55. The average Bonchev–Trinajstić information content (AvgIpc) is 2.24. The summed E-state index contributed by atoms with van der Waals surface area (Å²) in [6.45, 7) is 5.53. The van der Waals surface area contributed by atoms with Crippen LogP contribution in [0.1, 0.15) is 31.4 Å². The molecule has 0 unspecified atom stereocenters. The SMILES string of the molecule is Cc1cc2cc(CCC(C)(C)O)ccc2[n+]([O-])c1. The summed E-state index contributed by atoms with van der Waals surface area (Å²) in [5, 5.41) is 22.4. The fourth-order valence-corrected chi connectivity index (χ4v) is 2.06. The molecule has 1 aromatic heterocycles. The molecule has 0 fully saturated rings. The number of fused-ring (bicyclic) bond motifs is 1. The van der Waals surface area contributed by atoms with E-state index in [0.29, 0.717) is 11.9 Å². The molecule has 96 valence electrons. The lowest BCUT2D eigenvalue weighted by Gasteiger charge is -2.16. The Morgan fingerprint density at radius 3 is 2.67 bits per heavy atom. The number of benzene rings is 1. The highest BCUT2D eigenvalue weighted by Gasteiger charge is 2.13. The average molecular weight is 245 g/mol. The number of pyridine rings is 1. The number of rotatable bonds is 3. The topological polar surface area (TPSA) is 47.2 Å². The van der Waals surface area contributed by atoms with Crippen LogP contribution in [0, 0.1) is 12.1 Å². The lowest BCUT2D eigenvalue weighted by Crippen LogP contribution is -2.26. The number of hydrogen-bond donors (Lipinski definition) is 1. The van der Waals surface area contributed by atoms with Crippen LogP contribution in [0.3, 0.4) is 0 Å². The summed E-state index contributed by atoms with van der Waals surface area (Å²) >= 11 is 0. The third-order valence-corrected chi connectivity index (χ3v) is 3.06. The van der Waals surface area contributed by atoms with E-state index in [1.54, 1.807) is 6.20 Å². The van der Waals surface area contributed by atoms with Crippen LogP contribution in [0.15, 0.2) is 30.5 Å². The Morgan fingerprint density at radius 1 is 1.28 bits per heavy atom. The van der Waals surface area contributed by atoms with Gasteiger partial charge in [0.15, 0.2) is 6.20 Å². The van der Waals surface area contributed by atoms with Crippen LogP contribution in [-0.4, -0.2) is 10.7 Å². The number of aryl methyl sites for hydroxylation is 2. The van der Waals surface area contributed by atoms with E-state index in [-0.39, 0.29) is 0 Å². The highest BCUT2D eigenvalue weighted by Crippen LogP contribution is 2.18. The third kappa shape index (κ3) is 2.99. The van der Waals surface area contributed by atoms with Gasteiger partial charge >= 0.3 is 0 Å². The van der Waals surface area contributed by atoms with Crippen molar-refractivity contribution in [3.8, 4) is 0 Å². The van der Waals surface area contributed by atoms with E-state index >= 15 is 0 Å². The predicted molar refractivity (Wildman–Crippen MR) is 72.3 cm³/mol. The molecule has 0 aliphatic rings. The highest BCUT2D eigenvalue weighted by atomic mass is 16.5. The van der Waals surface area contributed by atoms with Crippen molar-refractivity contribution in [1.29, 1.82) is 0 Å². The molecule has 2 rings (SSSR count). The van der Waals surface area contributed by atoms with Crippen molar-refractivity contribution in [2.75, 3.05) is 0 Å². The van der Waals surface area contributed by atoms with Gasteiger partial charge in [0.1, 0.15) is 0 Å². The quantitative estimate of drug-likeness (QED) is 0.667. The lowest BCUT2D eigenvalue weighted by molar-refractivity contribution is -0.577. The van der Waals surface area contributed by atoms with E-state index in [9.17, 15) is 10.3 Å². The minimum absolute atomic E-state index is 0.653. The van der Waals surface area contributed by atoms with E-state index in [1.165, 1.54) is 0 Å². The van der Waals surface area contributed by atoms with Crippen molar-refractivity contribution in [3.05, 3.63) is 46.8 Å². The molecule has 3 heteroatoms. The van der Waals surface area contributed by atoms with Crippen LogP contribution >= 0.6 is 0 Å². The zero-order valence-corrected chi connectivity index (χ0v) is 11.1. The van der Waals surface area contributed by atoms with Gasteiger partial charge in [0.2, 0.25) is 5.52 Å². The highest BCUT2D eigenvalue weighted by molar-refractivity contribution is 5.77. The van der Waals surface area contributed by atoms with Crippen molar-refractivity contribution in [3.63, 3.8) is 0 Å². The number of hydrogen-bond acceptors (Lipinski definition) is 2. The molecule has 1 aromatic carbocycles. The standard InChI is InChI=1S/C15H19NO2/c1-11-8-13-9-12(6-7-15(2,3)17)4-5-14(13)16(18)10-11/h4-5,8-10,17H,6-7H2,1-3H3. The molecule has 0 atom stereocenters. The van der Waals surface area contributed by atoms with E-state index in [2.05, 4.69) is 0 Å². The smallest absolute Gasteiger partial charge is 0.223 e. The van der Waals surface area contributed by atoms with Crippen molar-refractivity contribution < 1.29 is 9.84 Å². The van der Waals surface area contributed by atoms with Crippen LogP contribution in [0.5, 0.6) is 0 Å². The van der Waals surface area contributed by atoms with Gasteiger partial charge < -0.3 is 10.3 Å². The second-order valence-electron chi connectivity index (χ2n) is 5.55. The first-order valence-electron chi connectivity index (χ1n) is 6.20. The molecule has 18 heavy (non-hydrogen) atoms. The Balaban J connectivity index is 2.32. The van der Waals surface area contributed by atoms with E-state index in [0.717, 1.165) is 27.7 Å². The molecule has 0 radical (unpaired) electrons. The summed E-state index contributed by atoms with van der Waals surface area (Å²) in [7, 11) is 0. The van der Waals surface area contributed by atoms with Crippen LogP contribution < -0.4 is 4.73 Å². The van der Waals surface area contributed by atoms with Crippen molar-refractivity contribution >= 4 is 10.9 Å². The van der Waals surface area contributed by atoms with Crippen molar-refractivity contribution in [2.45, 2.75) is 39.2 Å². The van der Waals surface area contributed by atoms with Crippen LogP contribution in [0.2, 0.25) is 0 Å². The third-order valence-electron chi connectivity index (χ3n) is 3.06. The summed E-state index contributed by atoms with van der Waals surface area (Å²) in [4.78, 5) is 0. The Bertz CT molecular complexity index is 570. The molecule has 0 bridgehead atoms. The van der Waals surface area contributed by atoms with E-state index < -0.39 is 5.60 Å². The lowest BCUT2D eigenvalue weighted by atomic mass is 9.98. The molecule has 0 saturated carbocycles. The predicted octanol–water partition coefficient (Wildman–Crippen LogP) is 2.49. The minimum atomic E-state index is -0.653. The zero-order valence-electron chi connectivity index (χ0n) is 11.1. The first-order valence-corrected chi connectivity index (χ1v) is 6.20. The molecule has 3 nitrogen and oxygen atoms in total. The van der Waals surface area contributed by atoms with Gasteiger partial charge in [-0.15, -0.1) is 0 Å². The molecule has 1 heterocycles. The van der Waals surface area contributed by atoms with Gasteiger partial charge in [-0.1, -0.05) is 6.07 Å². The van der Waals surface area contributed by atoms with Crippen LogP contribution in [0.25, 0.3) is 10.9 Å². The summed E-state index contributed by atoms with van der Waals surface area (Å²) < 4.78 is 0.907. The molecule has 0 amide bonds. The maximum Gasteiger partial charge on any atom is 0.223 e. The Hall–Kier alpha value is -1.61. The monoisotopic (exact) mass is 245 g/mol. The summed E-state index contributed by atoms with van der Waals surface area (Å²) in [6, 6.07) is 7.85. The van der Waals surface area contributed by atoms with Gasteiger partial charge in [0.25, 0.3) is 0 Å². The second kappa shape index (κ2) is 4.58. The van der Waals surface area contributed by atoms with Gasteiger partial charge in [-0.3, -0.25) is 0 Å². The molecular weight excluding hydrogens is 226 g/mol. The number of aromatic nitrogens is 1. The molecule has 2 aromatic rings. The zero-order chi connectivity index (χ0) is 13.3. The fraction of sp³-hybridized carbons (Fsp3) is 0.400. The summed E-state index contributed by atoms with van der Waals surface area (Å²) in [5.41, 5.74) is 2.14. The van der Waals surface area contributed by atoms with Crippen molar-refractivity contribution in [2.24, 2.45) is 0 Å². The molecule has 1 N–H and O–H groups in total. The number of nitrogens with zero attached hydrogens (tertiary/aromatic N) is 1. The summed E-state index contributed by atoms with van der Waals surface area (Å²) in [5.74, 6) is 0. The van der Waals surface area contributed by atoms with E-state index in [1.807, 2.05) is 45.0 Å². The van der Waals surface area contributed by atoms with Crippen LogP contribution in [0.4, 0.5) is 0 Å². The maximum atomic E-state index is 11.7.